The molecule has 21 heavy (non-hydrogen) atoms. The van der Waals surface area contributed by atoms with E-state index < -0.39 is 0 Å². The van der Waals surface area contributed by atoms with Crippen LogP contribution in [0.25, 0.3) is 0 Å². The van der Waals surface area contributed by atoms with Gasteiger partial charge in [0, 0.05) is 6.54 Å². The molecular weight excluding hydrogens is 284 g/mol. The Balaban J connectivity index is 2.05. The van der Waals surface area contributed by atoms with Gasteiger partial charge in [-0.15, -0.1) is 0 Å². The Morgan fingerprint density at radius 2 is 2.10 bits per heavy atom. The molecule has 1 heterocycles. The van der Waals surface area contributed by atoms with E-state index >= 15 is 0 Å². The fraction of sp³-hybridized carbons (Fsp3) is 0.333. The van der Waals surface area contributed by atoms with E-state index in [0.29, 0.717) is 10.0 Å². The summed E-state index contributed by atoms with van der Waals surface area (Å²) in [5.41, 5.74) is 6.88. The number of anilines is 2. The predicted molar refractivity (Wildman–Crippen MR) is 87.6 cm³/mol. The van der Waals surface area contributed by atoms with Crippen molar-refractivity contribution in [2.24, 2.45) is 0 Å². The largest absolute Gasteiger partial charge is 0.382 e. The van der Waals surface area contributed by atoms with Crippen LogP contribution in [0.3, 0.4) is 0 Å². The lowest BCUT2D eigenvalue weighted by Gasteiger charge is -2.13. The molecule has 0 aliphatic heterocycles. The van der Waals surface area contributed by atoms with E-state index in [-0.39, 0.29) is 17.8 Å². The highest BCUT2D eigenvalue weighted by molar-refractivity contribution is 7.18. The molecule has 0 spiro atoms. The molecule has 1 unspecified atom stereocenters. The standard InChI is InChI=1S/C15H20N4OS/c1-3-9-17-15-19-13(16)12(21-15)14(20)18-10(2)11-7-5-4-6-8-11/h4-8,10H,3,9,16H2,1-2H3,(H,17,19)(H,18,20). The van der Waals surface area contributed by atoms with E-state index in [0.717, 1.165) is 18.5 Å². The minimum absolute atomic E-state index is 0.0766. The topological polar surface area (TPSA) is 80.0 Å². The third-order valence-electron chi connectivity index (χ3n) is 3.03. The fourth-order valence-corrected chi connectivity index (χ4v) is 2.70. The van der Waals surface area contributed by atoms with Gasteiger partial charge in [0.1, 0.15) is 10.7 Å². The SMILES string of the molecule is CCCNc1nc(N)c(C(=O)NC(C)c2ccccc2)s1. The van der Waals surface area contributed by atoms with Crippen molar-refractivity contribution in [1.82, 2.24) is 10.3 Å². The van der Waals surface area contributed by atoms with Crippen LogP contribution in [0.2, 0.25) is 0 Å². The van der Waals surface area contributed by atoms with E-state index in [1.54, 1.807) is 0 Å². The Morgan fingerprint density at radius 3 is 2.76 bits per heavy atom. The molecule has 1 atom stereocenters. The number of carbonyl (C=O) groups excluding carboxylic acids is 1. The van der Waals surface area contributed by atoms with Gasteiger partial charge in [-0.2, -0.15) is 0 Å². The average molecular weight is 304 g/mol. The first kappa shape index (κ1) is 15.3. The number of benzene rings is 1. The smallest absolute Gasteiger partial charge is 0.265 e. The van der Waals surface area contributed by atoms with Crippen LogP contribution in [-0.2, 0) is 0 Å². The van der Waals surface area contributed by atoms with Crippen LogP contribution < -0.4 is 16.4 Å². The molecule has 0 bridgehead atoms. The number of carbonyl (C=O) groups is 1. The molecule has 2 rings (SSSR count). The van der Waals surface area contributed by atoms with Crippen LogP contribution in [0.4, 0.5) is 10.9 Å². The van der Waals surface area contributed by atoms with Gasteiger partial charge in [0.15, 0.2) is 5.13 Å². The third-order valence-corrected chi connectivity index (χ3v) is 4.06. The molecule has 0 saturated carbocycles. The number of nitrogens with one attached hydrogen (secondary N) is 2. The maximum atomic E-state index is 12.3. The molecule has 0 radical (unpaired) electrons. The molecule has 5 nitrogen and oxygen atoms in total. The van der Waals surface area contributed by atoms with Gasteiger partial charge in [0.2, 0.25) is 0 Å². The first-order valence-corrected chi connectivity index (χ1v) is 7.79. The summed E-state index contributed by atoms with van der Waals surface area (Å²) >= 11 is 1.29. The van der Waals surface area contributed by atoms with Crippen LogP contribution in [-0.4, -0.2) is 17.4 Å². The number of aromatic nitrogens is 1. The minimum Gasteiger partial charge on any atom is -0.382 e. The maximum absolute atomic E-state index is 12.3. The number of amides is 1. The van der Waals surface area contributed by atoms with Crippen molar-refractivity contribution >= 4 is 28.2 Å². The van der Waals surface area contributed by atoms with Gasteiger partial charge in [-0.05, 0) is 18.9 Å². The Kier molecular flexibility index (Phi) is 5.16. The van der Waals surface area contributed by atoms with E-state index in [1.165, 1.54) is 11.3 Å². The first-order valence-electron chi connectivity index (χ1n) is 6.97. The number of nitrogen functional groups attached to an aromatic ring is 1. The quantitative estimate of drug-likeness (QED) is 0.766. The Morgan fingerprint density at radius 1 is 1.38 bits per heavy atom. The second-order valence-electron chi connectivity index (χ2n) is 4.77. The Labute approximate surface area is 128 Å². The summed E-state index contributed by atoms with van der Waals surface area (Å²) in [5.74, 6) is 0.0854. The molecule has 1 aromatic heterocycles. The summed E-state index contributed by atoms with van der Waals surface area (Å²) < 4.78 is 0. The normalized spacial score (nSPS) is 11.9. The number of thiazole rings is 1. The van der Waals surface area contributed by atoms with Crippen molar-refractivity contribution in [3.63, 3.8) is 0 Å². The number of nitrogens with two attached hydrogens (primary N) is 1. The molecule has 1 aromatic carbocycles. The zero-order valence-electron chi connectivity index (χ0n) is 12.2. The van der Waals surface area contributed by atoms with Crippen LogP contribution >= 0.6 is 11.3 Å². The molecule has 0 aliphatic rings. The lowest BCUT2D eigenvalue weighted by molar-refractivity contribution is 0.0944. The highest BCUT2D eigenvalue weighted by atomic mass is 32.1. The molecule has 1 amide bonds. The van der Waals surface area contributed by atoms with Crippen LogP contribution in [0.15, 0.2) is 30.3 Å². The second kappa shape index (κ2) is 7.08. The third kappa shape index (κ3) is 3.95. The van der Waals surface area contributed by atoms with Gasteiger partial charge in [-0.3, -0.25) is 4.79 Å². The van der Waals surface area contributed by atoms with Crippen LogP contribution in [0.1, 0.15) is 41.5 Å². The zero-order valence-corrected chi connectivity index (χ0v) is 13.0. The molecule has 6 heteroatoms. The summed E-state index contributed by atoms with van der Waals surface area (Å²) in [6.07, 6.45) is 0.992. The van der Waals surface area contributed by atoms with Crippen LogP contribution in [0, 0.1) is 0 Å². The van der Waals surface area contributed by atoms with Gasteiger partial charge < -0.3 is 16.4 Å². The highest BCUT2D eigenvalue weighted by Crippen LogP contribution is 2.25. The van der Waals surface area contributed by atoms with Gasteiger partial charge >= 0.3 is 0 Å². The van der Waals surface area contributed by atoms with Crippen molar-refractivity contribution in [3.05, 3.63) is 40.8 Å². The van der Waals surface area contributed by atoms with Gasteiger partial charge in [-0.1, -0.05) is 48.6 Å². The molecular formula is C15H20N4OS. The number of nitrogens with zero attached hydrogens (tertiary/aromatic N) is 1. The molecule has 112 valence electrons. The summed E-state index contributed by atoms with van der Waals surface area (Å²) in [4.78, 5) is 16.9. The van der Waals surface area contributed by atoms with Crippen molar-refractivity contribution in [3.8, 4) is 0 Å². The first-order chi connectivity index (χ1) is 10.1. The summed E-state index contributed by atoms with van der Waals surface area (Å²) in [6, 6.07) is 9.74. The summed E-state index contributed by atoms with van der Waals surface area (Å²) in [7, 11) is 0. The van der Waals surface area contributed by atoms with Crippen molar-refractivity contribution < 1.29 is 4.79 Å². The number of hydrogen-bond acceptors (Lipinski definition) is 5. The molecule has 0 aliphatic carbocycles. The molecule has 0 saturated heterocycles. The fourth-order valence-electron chi connectivity index (χ4n) is 1.89. The highest BCUT2D eigenvalue weighted by Gasteiger charge is 2.18. The number of hydrogen-bond donors (Lipinski definition) is 3. The Bertz CT molecular complexity index is 597. The lowest BCUT2D eigenvalue weighted by Crippen LogP contribution is -2.26. The van der Waals surface area contributed by atoms with Gasteiger partial charge in [-0.25, -0.2) is 4.98 Å². The Hall–Kier alpha value is -2.08. The summed E-state index contributed by atoms with van der Waals surface area (Å²) in [5, 5.41) is 6.78. The van der Waals surface area contributed by atoms with Crippen LogP contribution in [0.5, 0.6) is 0 Å². The minimum atomic E-state index is -0.189. The van der Waals surface area contributed by atoms with Gasteiger partial charge in [0.25, 0.3) is 5.91 Å². The molecule has 2 aromatic rings. The molecule has 4 N–H and O–H groups in total. The average Bonchev–Trinajstić information content (AvgIpc) is 2.87. The maximum Gasteiger partial charge on any atom is 0.265 e. The van der Waals surface area contributed by atoms with E-state index in [1.807, 2.05) is 37.3 Å². The van der Waals surface area contributed by atoms with Crippen molar-refractivity contribution in [2.75, 3.05) is 17.6 Å². The summed E-state index contributed by atoms with van der Waals surface area (Å²) in [6.45, 7) is 4.83. The van der Waals surface area contributed by atoms with E-state index in [9.17, 15) is 4.79 Å². The zero-order chi connectivity index (χ0) is 15.2. The van der Waals surface area contributed by atoms with E-state index in [2.05, 4.69) is 22.5 Å². The van der Waals surface area contributed by atoms with E-state index in [4.69, 9.17) is 5.73 Å². The lowest BCUT2D eigenvalue weighted by atomic mass is 10.1. The van der Waals surface area contributed by atoms with Crippen molar-refractivity contribution in [1.29, 1.82) is 0 Å². The molecule has 0 fully saturated rings. The van der Waals surface area contributed by atoms with Crippen molar-refractivity contribution in [2.45, 2.75) is 26.3 Å². The van der Waals surface area contributed by atoms with Gasteiger partial charge in [0.05, 0.1) is 6.04 Å². The predicted octanol–water partition coefficient (Wildman–Crippen LogP) is 3.04. The monoisotopic (exact) mass is 304 g/mol. The number of rotatable bonds is 6. The second-order valence-corrected chi connectivity index (χ2v) is 5.77.